The molecule has 24 heavy (non-hydrogen) atoms. The quantitative estimate of drug-likeness (QED) is 0.658. The van der Waals surface area contributed by atoms with Gasteiger partial charge in [0.25, 0.3) is 0 Å². The molecule has 2 aromatic rings. The van der Waals surface area contributed by atoms with E-state index in [0.29, 0.717) is 5.75 Å². The summed E-state index contributed by atoms with van der Waals surface area (Å²) in [6.45, 7) is 8.45. The lowest BCUT2D eigenvalue weighted by Gasteiger charge is -2.23. The minimum atomic E-state index is -0.599. The average molecular weight is 330 g/mol. The maximum absolute atomic E-state index is 14.1. The molecule has 0 heterocycles. The van der Waals surface area contributed by atoms with Crippen molar-refractivity contribution >= 4 is 5.97 Å². The summed E-state index contributed by atoms with van der Waals surface area (Å²) >= 11 is 0. The lowest BCUT2D eigenvalue weighted by Crippen LogP contribution is -2.14. The highest BCUT2D eigenvalue weighted by atomic mass is 19.1. The van der Waals surface area contributed by atoms with Gasteiger partial charge in [-0.3, -0.25) is 0 Å². The molecule has 0 spiro atoms. The van der Waals surface area contributed by atoms with Crippen molar-refractivity contribution in [2.45, 2.75) is 39.5 Å². The molecule has 0 saturated heterocycles. The minimum absolute atomic E-state index is 0.0746. The predicted octanol–water partition coefficient (Wildman–Crippen LogP) is 5.48. The molecule has 0 saturated carbocycles. The van der Waals surface area contributed by atoms with Gasteiger partial charge in [-0.2, -0.15) is 0 Å². The molecule has 0 radical (unpaired) electrons. The van der Waals surface area contributed by atoms with Crippen molar-refractivity contribution in [2.24, 2.45) is 0 Å². The number of rotatable bonds is 6. The van der Waals surface area contributed by atoms with E-state index >= 15 is 0 Å². The maximum Gasteiger partial charge on any atom is 0.338 e. The Bertz CT molecular complexity index is 705. The van der Waals surface area contributed by atoms with Crippen molar-refractivity contribution in [3.05, 3.63) is 59.4 Å². The van der Waals surface area contributed by atoms with Gasteiger partial charge >= 0.3 is 5.97 Å². The summed E-state index contributed by atoms with van der Waals surface area (Å²) in [5.41, 5.74) is 1.46. The molecular formula is C20H23FO3. The normalized spacial score (nSPS) is 11.2. The molecule has 0 fully saturated rings. The minimum Gasteiger partial charge on any atom is -0.462 e. The number of esters is 1. The van der Waals surface area contributed by atoms with E-state index in [1.54, 1.807) is 6.92 Å². The monoisotopic (exact) mass is 330 g/mol. The fraction of sp³-hybridized carbons (Fsp3) is 0.350. The third-order valence-corrected chi connectivity index (χ3v) is 4.19. The fourth-order valence-electron chi connectivity index (χ4n) is 2.23. The number of carbonyl (C=O) groups is 1. The summed E-state index contributed by atoms with van der Waals surface area (Å²) in [6.07, 6.45) is 1.02. The molecule has 0 aromatic heterocycles. The maximum atomic E-state index is 14.1. The Balaban J connectivity index is 2.15. The van der Waals surface area contributed by atoms with E-state index in [1.807, 2.05) is 24.3 Å². The fourth-order valence-corrected chi connectivity index (χ4v) is 2.23. The molecule has 0 unspecified atom stereocenters. The third kappa shape index (κ3) is 4.13. The average Bonchev–Trinajstić information content (AvgIpc) is 2.57. The van der Waals surface area contributed by atoms with Crippen LogP contribution in [0.1, 0.15) is 50.0 Å². The topological polar surface area (TPSA) is 35.5 Å². The van der Waals surface area contributed by atoms with Gasteiger partial charge in [0.15, 0.2) is 11.6 Å². The molecule has 0 amide bonds. The molecule has 2 aromatic carbocycles. The van der Waals surface area contributed by atoms with E-state index in [2.05, 4.69) is 20.8 Å². The molecule has 0 aliphatic heterocycles. The lowest BCUT2D eigenvalue weighted by atomic mass is 9.82. The molecule has 3 nitrogen and oxygen atoms in total. The van der Waals surface area contributed by atoms with Gasteiger partial charge in [-0.25, -0.2) is 9.18 Å². The molecule has 0 bridgehead atoms. The van der Waals surface area contributed by atoms with E-state index < -0.39 is 11.8 Å². The van der Waals surface area contributed by atoms with Crippen LogP contribution in [0.5, 0.6) is 11.5 Å². The van der Waals surface area contributed by atoms with E-state index in [4.69, 9.17) is 9.47 Å². The molecule has 2 rings (SSSR count). The molecule has 128 valence electrons. The standard InChI is InChI=1S/C20H23FO3/c1-5-20(3,4)15-8-10-16(11-9-15)24-18-12-7-14(13-17(18)21)19(22)23-6-2/h7-13H,5-6H2,1-4H3. The van der Waals surface area contributed by atoms with E-state index in [-0.39, 0.29) is 23.3 Å². The number of hydrogen-bond acceptors (Lipinski definition) is 3. The van der Waals surface area contributed by atoms with Gasteiger partial charge in [-0.05, 0) is 54.7 Å². The first-order chi connectivity index (χ1) is 11.4. The summed E-state index contributed by atoms with van der Waals surface area (Å²) in [5.74, 6) is -0.522. The Morgan fingerprint density at radius 2 is 1.75 bits per heavy atom. The summed E-state index contributed by atoms with van der Waals surface area (Å²) in [7, 11) is 0. The van der Waals surface area contributed by atoms with Crippen molar-refractivity contribution in [1.29, 1.82) is 0 Å². The van der Waals surface area contributed by atoms with Crippen LogP contribution in [0.2, 0.25) is 0 Å². The van der Waals surface area contributed by atoms with Gasteiger partial charge in [-0.1, -0.05) is 32.9 Å². The first kappa shape index (κ1) is 18.0. The van der Waals surface area contributed by atoms with Crippen LogP contribution < -0.4 is 4.74 Å². The molecule has 4 heteroatoms. The smallest absolute Gasteiger partial charge is 0.338 e. The first-order valence-corrected chi connectivity index (χ1v) is 8.12. The lowest BCUT2D eigenvalue weighted by molar-refractivity contribution is 0.0525. The van der Waals surface area contributed by atoms with Crippen molar-refractivity contribution in [1.82, 2.24) is 0 Å². The van der Waals surface area contributed by atoms with Gasteiger partial charge in [0, 0.05) is 0 Å². The highest BCUT2D eigenvalue weighted by Gasteiger charge is 2.18. The second-order valence-corrected chi connectivity index (χ2v) is 6.23. The predicted molar refractivity (Wildman–Crippen MR) is 92.2 cm³/mol. The van der Waals surface area contributed by atoms with Crippen LogP contribution in [0.4, 0.5) is 4.39 Å². The Labute approximate surface area is 142 Å². The Morgan fingerprint density at radius 3 is 2.29 bits per heavy atom. The van der Waals surface area contributed by atoms with E-state index in [9.17, 15) is 9.18 Å². The summed E-state index contributed by atoms with van der Waals surface area (Å²) in [5, 5.41) is 0. The third-order valence-electron chi connectivity index (χ3n) is 4.19. The van der Waals surface area contributed by atoms with Crippen molar-refractivity contribution in [3.63, 3.8) is 0 Å². The van der Waals surface area contributed by atoms with Crippen LogP contribution in [0, 0.1) is 5.82 Å². The molecule has 0 atom stereocenters. The van der Waals surface area contributed by atoms with Gasteiger partial charge in [0.05, 0.1) is 12.2 Å². The Morgan fingerprint density at radius 1 is 1.08 bits per heavy atom. The first-order valence-electron chi connectivity index (χ1n) is 8.12. The molecule has 0 aliphatic carbocycles. The van der Waals surface area contributed by atoms with Crippen LogP contribution in [-0.2, 0) is 10.2 Å². The Hall–Kier alpha value is -2.36. The highest BCUT2D eigenvalue weighted by molar-refractivity contribution is 5.89. The molecule has 0 aliphatic rings. The number of carbonyl (C=O) groups excluding carboxylic acids is 1. The van der Waals surface area contributed by atoms with E-state index in [0.717, 1.165) is 12.5 Å². The zero-order valence-electron chi connectivity index (χ0n) is 14.6. The van der Waals surface area contributed by atoms with Gasteiger partial charge < -0.3 is 9.47 Å². The van der Waals surface area contributed by atoms with Crippen molar-refractivity contribution in [3.8, 4) is 11.5 Å². The SMILES string of the molecule is CCOC(=O)c1ccc(Oc2ccc(C(C)(C)CC)cc2)c(F)c1. The second kappa shape index (κ2) is 7.47. The Kier molecular flexibility index (Phi) is 5.60. The molecular weight excluding hydrogens is 307 g/mol. The summed E-state index contributed by atoms with van der Waals surface area (Å²) in [6, 6.07) is 11.7. The largest absolute Gasteiger partial charge is 0.462 e. The van der Waals surface area contributed by atoms with Crippen LogP contribution in [0.25, 0.3) is 0 Å². The molecule has 0 N–H and O–H groups in total. The van der Waals surface area contributed by atoms with E-state index in [1.165, 1.54) is 17.7 Å². The van der Waals surface area contributed by atoms with Crippen LogP contribution >= 0.6 is 0 Å². The van der Waals surface area contributed by atoms with Crippen molar-refractivity contribution in [2.75, 3.05) is 6.61 Å². The number of halogens is 1. The van der Waals surface area contributed by atoms with Gasteiger partial charge in [0.2, 0.25) is 0 Å². The summed E-state index contributed by atoms with van der Waals surface area (Å²) in [4.78, 5) is 11.6. The highest BCUT2D eigenvalue weighted by Crippen LogP contribution is 2.30. The number of ether oxygens (including phenoxy) is 2. The number of hydrogen-bond donors (Lipinski definition) is 0. The van der Waals surface area contributed by atoms with Crippen LogP contribution in [0.15, 0.2) is 42.5 Å². The van der Waals surface area contributed by atoms with Crippen LogP contribution in [0.3, 0.4) is 0 Å². The summed E-state index contributed by atoms with van der Waals surface area (Å²) < 4.78 is 24.6. The zero-order chi connectivity index (χ0) is 17.7. The van der Waals surface area contributed by atoms with Crippen molar-refractivity contribution < 1.29 is 18.7 Å². The second-order valence-electron chi connectivity index (χ2n) is 6.23. The van der Waals surface area contributed by atoms with Gasteiger partial charge in [-0.15, -0.1) is 0 Å². The zero-order valence-corrected chi connectivity index (χ0v) is 14.6. The number of benzene rings is 2. The van der Waals surface area contributed by atoms with Crippen LogP contribution in [-0.4, -0.2) is 12.6 Å². The van der Waals surface area contributed by atoms with Gasteiger partial charge in [0.1, 0.15) is 5.75 Å².